The van der Waals surface area contributed by atoms with E-state index < -0.39 is 6.10 Å². The molecule has 0 aromatic carbocycles. The number of unbranched alkanes of at least 4 members (excludes halogenated alkanes) is 37. The molecule has 0 aliphatic heterocycles. The summed E-state index contributed by atoms with van der Waals surface area (Å²) in [6.07, 6.45) is 78.0. The summed E-state index contributed by atoms with van der Waals surface area (Å²) in [5, 5.41) is 0. The average molecular weight is 1020 g/mol. The van der Waals surface area contributed by atoms with Crippen molar-refractivity contribution in [1.29, 1.82) is 0 Å². The molecular formula is C67H120O6. The smallest absolute Gasteiger partial charge is 0.306 e. The standard InChI is InChI=1S/C67H120O6/c1-4-7-10-13-16-19-22-25-27-28-29-30-31-32-33-34-35-36-37-38-40-42-45-48-51-54-57-60-66(69)72-63-64(62-71-65(68)59-56-53-50-47-44-41-24-21-18-15-12-9-6-3)73-67(70)61-58-55-52-49-46-43-39-26-23-20-17-14-11-8-5-2/h7,10,16,19,21,24-25,27,29-30,64H,4-6,8-9,11-15,17-18,20,22-23,26,28,31-63H2,1-3H3/b10-7-,19-16-,24-21-,27-25-,30-29-. The molecule has 0 amide bonds. The Bertz CT molecular complexity index is 1310. The van der Waals surface area contributed by atoms with E-state index in [4.69, 9.17) is 14.2 Å². The normalized spacial score (nSPS) is 12.4. The van der Waals surface area contributed by atoms with Crippen molar-refractivity contribution >= 4 is 17.9 Å². The number of rotatable bonds is 58. The van der Waals surface area contributed by atoms with E-state index in [-0.39, 0.29) is 31.1 Å². The summed E-state index contributed by atoms with van der Waals surface area (Å²) in [5.74, 6) is -0.864. The number of ether oxygens (including phenoxy) is 3. The fourth-order valence-corrected chi connectivity index (χ4v) is 9.25. The lowest BCUT2D eigenvalue weighted by atomic mass is 10.0. The minimum atomic E-state index is -0.775. The van der Waals surface area contributed by atoms with Gasteiger partial charge in [0.25, 0.3) is 0 Å². The van der Waals surface area contributed by atoms with Gasteiger partial charge in [-0.15, -0.1) is 0 Å². The van der Waals surface area contributed by atoms with Crippen LogP contribution in [-0.2, 0) is 28.6 Å². The number of hydrogen-bond donors (Lipinski definition) is 0. The third-order valence-electron chi connectivity index (χ3n) is 14.0. The SMILES string of the molecule is CC/C=C\C/C=C\C/C=C\C/C=C\CCCCCCCCCCCCCCCCC(=O)OCC(COC(=O)CCCCCCC/C=C\CCCCCC)OC(=O)CCCCCCCCCCCCCCCCC. The fraction of sp³-hybridized carbons (Fsp3) is 0.806. The molecule has 0 heterocycles. The summed E-state index contributed by atoms with van der Waals surface area (Å²) in [6.45, 7) is 6.55. The van der Waals surface area contributed by atoms with E-state index >= 15 is 0 Å². The number of carbonyl (C=O) groups is 3. The molecule has 0 bridgehead atoms. The Morgan fingerprint density at radius 3 is 0.863 bits per heavy atom. The van der Waals surface area contributed by atoms with Gasteiger partial charge in [-0.25, -0.2) is 0 Å². The summed E-state index contributed by atoms with van der Waals surface area (Å²) in [5.41, 5.74) is 0. The number of carbonyl (C=O) groups excluding carboxylic acids is 3. The Kier molecular flexibility index (Phi) is 59.2. The van der Waals surface area contributed by atoms with Gasteiger partial charge in [-0.3, -0.25) is 14.4 Å². The lowest BCUT2D eigenvalue weighted by Gasteiger charge is -2.18. The monoisotopic (exact) mass is 1020 g/mol. The highest BCUT2D eigenvalue weighted by atomic mass is 16.6. The first-order valence-electron chi connectivity index (χ1n) is 31.8. The van der Waals surface area contributed by atoms with Crippen LogP contribution < -0.4 is 0 Å². The van der Waals surface area contributed by atoms with Gasteiger partial charge in [0.2, 0.25) is 0 Å². The van der Waals surface area contributed by atoms with Gasteiger partial charge < -0.3 is 14.2 Å². The largest absolute Gasteiger partial charge is 0.462 e. The van der Waals surface area contributed by atoms with E-state index in [1.165, 1.54) is 199 Å². The van der Waals surface area contributed by atoms with Crippen molar-refractivity contribution < 1.29 is 28.6 Å². The van der Waals surface area contributed by atoms with Crippen molar-refractivity contribution in [3.63, 3.8) is 0 Å². The number of esters is 3. The second-order valence-corrected chi connectivity index (χ2v) is 21.3. The molecule has 6 nitrogen and oxygen atoms in total. The second kappa shape index (κ2) is 61.7. The highest BCUT2D eigenvalue weighted by molar-refractivity contribution is 5.71. The molecule has 73 heavy (non-hydrogen) atoms. The van der Waals surface area contributed by atoms with Crippen molar-refractivity contribution in [3.8, 4) is 0 Å². The van der Waals surface area contributed by atoms with Crippen molar-refractivity contribution in [1.82, 2.24) is 0 Å². The molecule has 0 aromatic rings. The third-order valence-corrected chi connectivity index (χ3v) is 14.0. The zero-order chi connectivity index (χ0) is 52.9. The molecule has 0 saturated carbocycles. The van der Waals surface area contributed by atoms with Gasteiger partial charge in [0.15, 0.2) is 6.10 Å². The third kappa shape index (κ3) is 59.9. The van der Waals surface area contributed by atoms with Crippen LogP contribution in [0.15, 0.2) is 60.8 Å². The van der Waals surface area contributed by atoms with E-state index in [2.05, 4.69) is 81.5 Å². The van der Waals surface area contributed by atoms with Crippen LogP contribution in [0, 0.1) is 0 Å². The van der Waals surface area contributed by atoms with Crippen LogP contribution in [0.5, 0.6) is 0 Å². The van der Waals surface area contributed by atoms with Gasteiger partial charge in [-0.05, 0) is 83.5 Å². The molecule has 0 fully saturated rings. The zero-order valence-corrected chi connectivity index (χ0v) is 48.7. The summed E-state index contributed by atoms with van der Waals surface area (Å²) in [6, 6.07) is 0. The molecule has 1 unspecified atom stereocenters. The second-order valence-electron chi connectivity index (χ2n) is 21.3. The first-order chi connectivity index (χ1) is 36.0. The molecule has 0 saturated heterocycles. The van der Waals surface area contributed by atoms with Crippen molar-refractivity contribution in [2.45, 2.75) is 335 Å². The summed E-state index contributed by atoms with van der Waals surface area (Å²) in [4.78, 5) is 38.2. The molecule has 0 aliphatic carbocycles. The maximum Gasteiger partial charge on any atom is 0.306 e. The van der Waals surface area contributed by atoms with E-state index in [1.807, 2.05) is 0 Å². The first kappa shape index (κ1) is 70.1. The summed E-state index contributed by atoms with van der Waals surface area (Å²) >= 11 is 0. The first-order valence-corrected chi connectivity index (χ1v) is 31.8. The highest BCUT2D eigenvalue weighted by Gasteiger charge is 2.19. The molecule has 0 N–H and O–H groups in total. The molecule has 0 spiro atoms. The topological polar surface area (TPSA) is 78.9 Å². The van der Waals surface area contributed by atoms with Crippen molar-refractivity contribution in [3.05, 3.63) is 60.8 Å². The van der Waals surface area contributed by atoms with Crippen molar-refractivity contribution in [2.24, 2.45) is 0 Å². The van der Waals surface area contributed by atoms with Crippen molar-refractivity contribution in [2.75, 3.05) is 13.2 Å². The number of hydrogen-bond acceptors (Lipinski definition) is 6. The lowest BCUT2D eigenvalue weighted by molar-refractivity contribution is -0.167. The molecule has 0 aromatic heterocycles. The Hall–Kier alpha value is -2.89. The minimum absolute atomic E-state index is 0.0728. The highest BCUT2D eigenvalue weighted by Crippen LogP contribution is 2.17. The molecule has 0 rings (SSSR count). The van der Waals surface area contributed by atoms with Gasteiger partial charge in [0, 0.05) is 19.3 Å². The minimum Gasteiger partial charge on any atom is -0.462 e. The van der Waals surface area contributed by atoms with E-state index in [0.29, 0.717) is 19.3 Å². The zero-order valence-electron chi connectivity index (χ0n) is 48.7. The predicted octanol–water partition coefficient (Wildman–Crippen LogP) is 21.6. The van der Waals surface area contributed by atoms with Gasteiger partial charge in [0.1, 0.15) is 13.2 Å². The molecular weight excluding hydrogens is 901 g/mol. The number of allylic oxidation sites excluding steroid dienone is 10. The summed E-state index contributed by atoms with van der Waals surface area (Å²) in [7, 11) is 0. The summed E-state index contributed by atoms with van der Waals surface area (Å²) < 4.78 is 16.9. The molecule has 1 atom stereocenters. The van der Waals surface area contributed by atoms with E-state index in [0.717, 1.165) is 89.9 Å². The quantitative estimate of drug-likeness (QED) is 0.0261. The van der Waals surface area contributed by atoms with Gasteiger partial charge in [0.05, 0.1) is 0 Å². The van der Waals surface area contributed by atoms with Crippen LogP contribution in [-0.4, -0.2) is 37.2 Å². The molecule has 6 heteroatoms. The van der Waals surface area contributed by atoms with Gasteiger partial charge in [-0.2, -0.15) is 0 Å². The van der Waals surface area contributed by atoms with Crippen LogP contribution in [0.1, 0.15) is 329 Å². The Balaban J connectivity index is 4.22. The average Bonchev–Trinajstić information content (AvgIpc) is 3.39. The lowest BCUT2D eigenvalue weighted by Crippen LogP contribution is -2.30. The van der Waals surface area contributed by atoms with Gasteiger partial charge >= 0.3 is 17.9 Å². The Morgan fingerprint density at radius 1 is 0.288 bits per heavy atom. The maximum atomic E-state index is 12.9. The Morgan fingerprint density at radius 2 is 0.534 bits per heavy atom. The fourth-order valence-electron chi connectivity index (χ4n) is 9.25. The predicted molar refractivity (Wildman–Crippen MR) is 316 cm³/mol. The van der Waals surface area contributed by atoms with Crippen LogP contribution in [0.4, 0.5) is 0 Å². The van der Waals surface area contributed by atoms with E-state index in [1.54, 1.807) is 0 Å². The molecule has 0 radical (unpaired) electrons. The Labute approximate surface area is 453 Å². The molecule has 0 aliphatic rings. The molecule has 424 valence electrons. The van der Waals surface area contributed by atoms with Crippen LogP contribution >= 0.6 is 0 Å². The van der Waals surface area contributed by atoms with Crippen LogP contribution in [0.25, 0.3) is 0 Å². The van der Waals surface area contributed by atoms with Gasteiger partial charge in [-0.1, -0.05) is 287 Å². The van der Waals surface area contributed by atoms with Crippen LogP contribution in [0.2, 0.25) is 0 Å². The van der Waals surface area contributed by atoms with E-state index in [9.17, 15) is 14.4 Å². The maximum absolute atomic E-state index is 12.9. The van der Waals surface area contributed by atoms with Crippen LogP contribution in [0.3, 0.4) is 0 Å².